The van der Waals surface area contributed by atoms with Gasteiger partial charge in [-0.3, -0.25) is 9.78 Å². The van der Waals surface area contributed by atoms with Crippen LogP contribution in [-0.4, -0.2) is 35.3 Å². The molecule has 0 aliphatic rings. The molecule has 0 radical (unpaired) electrons. The smallest absolute Gasteiger partial charge is 0.269 e. The van der Waals surface area contributed by atoms with Crippen molar-refractivity contribution < 1.29 is 4.79 Å². The van der Waals surface area contributed by atoms with Crippen LogP contribution in [0.3, 0.4) is 0 Å². The van der Waals surface area contributed by atoms with Crippen molar-refractivity contribution in [3.05, 3.63) is 48.8 Å². The summed E-state index contributed by atoms with van der Waals surface area (Å²) >= 11 is 0. The fourth-order valence-electron chi connectivity index (χ4n) is 2.29. The van der Waals surface area contributed by atoms with Crippen molar-refractivity contribution in [2.24, 2.45) is 5.73 Å². The van der Waals surface area contributed by atoms with Crippen LogP contribution in [-0.2, 0) is 0 Å². The number of nitrogens with two attached hydrogens (primary N) is 1. The van der Waals surface area contributed by atoms with Crippen molar-refractivity contribution in [2.75, 3.05) is 0 Å². The highest BCUT2D eigenvalue weighted by molar-refractivity contribution is 6.04. The van der Waals surface area contributed by atoms with Gasteiger partial charge in [-0.25, -0.2) is 14.2 Å². The summed E-state index contributed by atoms with van der Waals surface area (Å²) in [5.74, 6) is -0.601. The summed E-state index contributed by atoms with van der Waals surface area (Å²) in [7, 11) is 0. The zero-order chi connectivity index (χ0) is 14.4. The van der Waals surface area contributed by atoms with Crippen molar-refractivity contribution >= 4 is 22.5 Å². The third-order valence-electron chi connectivity index (χ3n) is 3.20. The van der Waals surface area contributed by atoms with E-state index in [1.54, 1.807) is 52.3 Å². The molecule has 1 amide bonds. The summed E-state index contributed by atoms with van der Waals surface area (Å²) in [5.41, 5.74) is 7.58. The number of aromatic nitrogens is 6. The molecule has 21 heavy (non-hydrogen) atoms. The number of nitrogens with zero attached hydrogens (tertiary/aromatic N) is 6. The van der Waals surface area contributed by atoms with Gasteiger partial charge in [-0.15, -0.1) is 0 Å². The molecule has 8 heteroatoms. The molecule has 4 aromatic rings. The van der Waals surface area contributed by atoms with Crippen molar-refractivity contribution in [3.63, 3.8) is 0 Å². The van der Waals surface area contributed by atoms with E-state index in [4.69, 9.17) is 5.73 Å². The Kier molecular flexibility index (Phi) is 2.25. The highest BCUT2D eigenvalue weighted by Gasteiger charge is 2.18. The van der Waals surface area contributed by atoms with E-state index in [0.717, 1.165) is 5.52 Å². The van der Waals surface area contributed by atoms with Gasteiger partial charge in [0, 0.05) is 24.8 Å². The van der Waals surface area contributed by atoms with Crippen molar-refractivity contribution in [1.29, 1.82) is 0 Å². The largest absolute Gasteiger partial charge is 0.364 e. The van der Waals surface area contributed by atoms with E-state index < -0.39 is 5.91 Å². The van der Waals surface area contributed by atoms with Gasteiger partial charge in [-0.2, -0.15) is 10.2 Å². The summed E-state index contributed by atoms with van der Waals surface area (Å²) in [6, 6.07) is 3.55. The first-order chi connectivity index (χ1) is 10.3. The zero-order valence-corrected chi connectivity index (χ0v) is 10.7. The molecule has 4 heterocycles. The SMILES string of the molecule is NC(=O)c1nn(-c2cnn3cccnc23)c2ccncc12. The summed E-state index contributed by atoms with van der Waals surface area (Å²) in [4.78, 5) is 19.8. The minimum Gasteiger partial charge on any atom is -0.364 e. The van der Waals surface area contributed by atoms with E-state index in [-0.39, 0.29) is 5.69 Å². The second kappa shape index (κ2) is 4.10. The van der Waals surface area contributed by atoms with Crippen molar-refractivity contribution in [2.45, 2.75) is 0 Å². The van der Waals surface area contributed by atoms with Gasteiger partial charge >= 0.3 is 0 Å². The minimum absolute atomic E-state index is 0.174. The van der Waals surface area contributed by atoms with Crippen LogP contribution in [0, 0.1) is 0 Å². The molecule has 2 N–H and O–H groups in total. The Morgan fingerprint density at radius 2 is 2.14 bits per heavy atom. The van der Waals surface area contributed by atoms with Crippen LogP contribution < -0.4 is 5.73 Å². The molecule has 8 nitrogen and oxygen atoms in total. The number of fused-ring (bicyclic) bond motifs is 2. The molecule has 4 aromatic heterocycles. The highest BCUT2D eigenvalue weighted by atomic mass is 16.1. The lowest BCUT2D eigenvalue weighted by Crippen LogP contribution is -2.12. The average molecular weight is 279 g/mol. The molecule has 102 valence electrons. The molecule has 0 spiro atoms. The first-order valence-corrected chi connectivity index (χ1v) is 6.17. The van der Waals surface area contributed by atoms with Crippen molar-refractivity contribution in [1.82, 2.24) is 29.4 Å². The number of hydrogen-bond donors (Lipinski definition) is 1. The van der Waals surface area contributed by atoms with Gasteiger partial charge in [-0.1, -0.05) is 0 Å². The van der Waals surface area contributed by atoms with Gasteiger partial charge in [0.1, 0.15) is 5.69 Å². The van der Waals surface area contributed by atoms with E-state index in [1.165, 1.54) is 0 Å². The van der Waals surface area contributed by atoms with Gasteiger partial charge < -0.3 is 5.73 Å². The topological polar surface area (TPSA) is 104 Å². The van der Waals surface area contributed by atoms with Crippen LogP contribution in [0.15, 0.2) is 43.1 Å². The molecule has 0 aliphatic carbocycles. The molecule has 0 unspecified atom stereocenters. The Morgan fingerprint density at radius 3 is 3.00 bits per heavy atom. The first kappa shape index (κ1) is 11.5. The third kappa shape index (κ3) is 1.59. The maximum absolute atomic E-state index is 11.5. The molecule has 0 saturated heterocycles. The Bertz CT molecular complexity index is 984. The monoisotopic (exact) mass is 279 g/mol. The van der Waals surface area contributed by atoms with Gasteiger partial charge in [0.25, 0.3) is 5.91 Å². The summed E-state index contributed by atoms with van der Waals surface area (Å²) in [6.45, 7) is 0. The lowest BCUT2D eigenvalue weighted by molar-refractivity contribution is 0.0996. The van der Waals surface area contributed by atoms with E-state index in [9.17, 15) is 4.79 Å². The summed E-state index contributed by atoms with van der Waals surface area (Å²) < 4.78 is 3.24. The van der Waals surface area contributed by atoms with Gasteiger partial charge in [0.2, 0.25) is 0 Å². The number of amides is 1. The predicted molar refractivity (Wildman–Crippen MR) is 73.9 cm³/mol. The average Bonchev–Trinajstić information content (AvgIpc) is 3.08. The van der Waals surface area contributed by atoms with Crippen LogP contribution in [0.2, 0.25) is 0 Å². The maximum Gasteiger partial charge on any atom is 0.269 e. The second-order valence-electron chi connectivity index (χ2n) is 4.44. The maximum atomic E-state index is 11.5. The first-order valence-electron chi connectivity index (χ1n) is 6.17. The highest BCUT2D eigenvalue weighted by Crippen LogP contribution is 2.22. The van der Waals surface area contributed by atoms with Crippen LogP contribution in [0.25, 0.3) is 22.2 Å². The molecule has 0 aromatic carbocycles. The van der Waals surface area contributed by atoms with Crippen LogP contribution in [0.5, 0.6) is 0 Å². The summed E-state index contributed by atoms with van der Waals surface area (Å²) in [5, 5.41) is 9.11. The fraction of sp³-hybridized carbons (Fsp3) is 0. The second-order valence-corrected chi connectivity index (χ2v) is 4.44. The number of carbonyl (C=O) groups excluding carboxylic acids is 1. The predicted octanol–water partition coefficient (Wildman–Crippen LogP) is 0.562. The fourth-order valence-corrected chi connectivity index (χ4v) is 2.29. The Morgan fingerprint density at radius 1 is 1.24 bits per heavy atom. The third-order valence-corrected chi connectivity index (χ3v) is 3.20. The van der Waals surface area contributed by atoms with Crippen LogP contribution >= 0.6 is 0 Å². The van der Waals surface area contributed by atoms with Crippen LogP contribution in [0.4, 0.5) is 0 Å². The number of primary amides is 1. The number of pyridine rings is 1. The van der Waals surface area contributed by atoms with Crippen LogP contribution in [0.1, 0.15) is 10.5 Å². The number of rotatable bonds is 2. The molecule has 0 fully saturated rings. The van der Waals surface area contributed by atoms with Crippen molar-refractivity contribution in [3.8, 4) is 5.69 Å². The van der Waals surface area contributed by atoms with E-state index in [1.807, 2.05) is 0 Å². The quantitative estimate of drug-likeness (QED) is 0.577. The van der Waals surface area contributed by atoms with E-state index in [0.29, 0.717) is 16.7 Å². The molecule has 0 bridgehead atoms. The van der Waals surface area contributed by atoms with Gasteiger partial charge in [0.15, 0.2) is 11.3 Å². The van der Waals surface area contributed by atoms with Gasteiger partial charge in [0.05, 0.1) is 17.1 Å². The number of hydrogen-bond acceptors (Lipinski definition) is 5. The Balaban J connectivity index is 2.09. The standard InChI is InChI=1S/C13H9N7O/c14-12(21)11-8-6-15-4-2-9(8)20(18-11)10-7-17-19-5-1-3-16-13(10)19/h1-7H,(H2,14,21). The zero-order valence-electron chi connectivity index (χ0n) is 10.7. The normalized spacial score (nSPS) is 11.2. The molecular formula is C13H9N7O. The molecule has 0 atom stereocenters. The van der Waals surface area contributed by atoms with E-state index >= 15 is 0 Å². The minimum atomic E-state index is -0.601. The lowest BCUT2D eigenvalue weighted by atomic mass is 10.2. The molecule has 0 saturated carbocycles. The summed E-state index contributed by atoms with van der Waals surface area (Å²) in [6.07, 6.45) is 8.29. The Labute approximate surface area is 117 Å². The molecular weight excluding hydrogens is 270 g/mol. The van der Waals surface area contributed by atoms with E-state index in [2.05, 4.69) is 20.2 Å². The number of carbonyl (C=O) groups is 1. The van der Waals surface area contributed by atoms with Gasteiger partial charge in [-0.05, 0) is 12.1 Å². The molecule has 4 rings (SSSR count). The Hall–Kier alpha value is -3.29. The molecule has 0 aliphatic heterocycles. The lowest BCUT2D eigenvalue weighted by Gasteiger charge is -1.99.